The average Bonchev–Trinajstić information content (AvgIpc) is 1.88. The molecule has 1 unspecified atom stereocenters. The molecule has 0 rings (SSSR count). The Morgan fingerprint density at radius 2 is 2.20 bits per heavy atom. The van der Waals surface area contributed by atoms with Gasteiger partial charge in [0.15, 0.2) is 0 Å². The Bertz CT molecular complexity index is 78.0. The topological polar surface area (TPSA) is 38.5 Å². The highest BCUT2D eigenvalue weighted by Crippen LogP contribution is 1.90. The molecule has 0 spiro atoms. The highest BCUT2D eigenvalue weighted by molar-refractivity contribution is 4.56. The first kappa shape index (κ1) is 9.88. The lowest BCUT2D eigenvalue weighted by atomic mass is 10.4. The van der Waals surface area contributed by atoms with Crippen molar-refractivity contribution < 1.29 is 4.74 Å². The van der Waals surface area contributed by atoms with Gasteiger partial charge >= 0.3 is 0 Å². The lowest BCUT2D eigenvalue weighted by Gasteiger charge is -2.18. The van der Waals surface area contributed by atoms with Crippen molar-refractivity contribution in [3.8, 4) is 0 Å². The van der Waals surface area contributed by atoms with Crippen LogP contribution in [0.1, 0.15) is 6.92 Å². The molecule has 0 radical (unpaired) electrons. The van der Waals surface area contributed by atoms with Gasteiger partial charge in [-0.25, -0.2) is 0 Å². The first-order valence-electron chi connectivity index (χ1n) is 3.62. The van der Waals surface area contributed by atoms with E-state index in [4.69, 9.17) is 10.5 Å². The molecule has 62 valence electrons. The molecule has 0 fully saturated rings. The molecule has 3 nitrogen and oxygen atoms in total. The van der Waals surface area contributed by atoms with Gasteiger partial charge in [0.05, 0.1) is 6.10 Å². The quantitative estimate of drug-likeness (QED) is 0.589. The molecule has 3 heteroatoms. The molecular formula is C7H18N2O. The summed E-state index contributed by atoms with van der Waals surface area (Å²) in [6, 6.07) is 0. The van der Waals surface area contributed by atoms with Crippen molar-refractivity contribution in [1.29, 1.82) is 0 Å². The Balaban J connectivity index is 3.27. The van der Waals surface area contributed by atoms with E-state index in [2.05, 4.69) is 4.90 Å². The fourth-order valence-electron chi connectivity index (χ4n) is 0.825. The van der Waals surface area contributed by atoms with Crippen molar-refractivity contribution in [2.24, 2.45) is 5.73 Å². The molecular weight excluding hydrogens is 128 g/mol. The minimum Gasteiger partial charge on any atom is -0.380 e. The number of nitrogens with two attached hydrogens (primary N) is 1. The zero-order valence-electron chi connectivity index (χ0n) is 7.13. The van der Waals surface area contributed by atoms with Crippen molar-refractivity contribution in [3.63, 3.8) is 0 Å². The molecule has 0 aromatic heterocycles. The predicted octanol–water partition coefficient (Wildman–Crippen LogP) is -0.0882. The van der Waals surface area contributed by atoms with Gasteiger partial charge in [-0.3, -0.25) is 0 Å². The van der Waals surface area contributed by atoms with Crippen molar-refractivity contribution in [3.05, 3.63) is 0 Å². The monoisotopic (exact) mass is 146 g/mol. The van der Waals surface area contributed by atoms with Gasteiger partial charge in [0.2, 0.25) is 0 Å². The van der Waals surface area contributed by atoms with Crippen LogP contribution in [-0.4, -0.2) is 44.8 Å². The second-order valence-electron chi connectivity index (χ2n) is 2.60. The maximum absolute atomic E-state index is 5.36. The minimum absolute atomic E-state index is 0.302. The maximum Gasteiger partial charge on any atom is 0.0670 e. The lowest BCUT2D eigenvalue weighted by Crippen LogP contribution is -2.32. The normalized spacial score (nSPS) is 14.1. The van der Waals surface area contributed by atoms with E-state index in [9.17, 15) is 0 Å². The number of nitrogens with zero attached hydrogens (tertiary/aromatic N) is 1. The third-order valence-corrected chi connectivity index (χ3v) is 1.48. The van der Waals surface area contributed by atoms with Gasteiger partial charge in [-0.15, -0.1) is 0 Å². The van der Waals surface area contributed by atoms with Gasteiger partial charge in [0, 0.05) is 26.7 Å². The van der Waals surface area contributed by atoms with E-state index in [-0.39, 0.29) is 0 Å². The molecule has 2 N–H and O–H groups in total. The van der Waals surface area contributed by atoms with Crippen molar-refractivity contribution in [1.82, 2.24) is 4.90 Å². The van der Waals surface area contributed by atoms with Crippen molar-refractivity contribution >= 4 is 0 Å². The predicted molar refractivity (Wildman–Crippen MR) is 43.0 cm³/mol. The standard InChI is InChI=1S/C7H18N2O/c1-7(10-3)6-9(2)5-4-8/h7H,4-6,8H2,1-3H3. The summed E-state index contributed by atoms with van der Waals surface area (Å²) in [7, 11) is 3.77. The Hall–Kier alpha value is -0.120. The van der Waals surface area contributed by atoms with Gasteiger partial charge < -0.3 is 15.4 Å². The van der Waals surface area contributed by atoms with Gasteiger partial charge in [-0.2, -0.15) is 0 Å². The van der Waals surface area contributed by atoms with Gasteiger partial charge in [-0.1, -0.05) is 0 Å². The first-order valence-corrected chi connectivity index (χ1v) is 3.62. The molecule has 0 aliphatic carbocycles. The Kier molecular flexibility index (Phi) is 5.58. The zero-order chi connectivity index (χ0) is 7.98. The molecule has 0 aromatic carbocycles. The summed E-state index contributed by atoms with van der Waals surface area (Å²) in [5.41, 5.74) is 5.36. The fraction of sp³-hybridized carbons (Fsp3) is 1.00. The molecule has 1 atom stereocenters. The van der Waals surface area contributed by atoms with E-state index in [1.807, 2.05) is 14.0 Å². The highest BCUT2D eigenvalue weighted by atomic mass is 16.5. The summed E-state index contributed by atoms with van der Waals surface area (Å²) in [4.78, 5) is 2.16. The second-order valence-corrected chi connectivity index (χ2v) is 2.60. The van der Waals surface area contributed by atoms with E-state index in [0.29, 0.717) is 12.6 Å². The van der Waals surface area contributed by atoms with Gasteiger partial charge in [0.25, 0.3) is 0 Å². The Morgan fingerprint density at radius 1 is 1.60 bits per heavy atom. The number of hydrogen-bond acceptors (Lipinski definition) is 3. The second kappa shape index (κ2) is 5.65. The number of ether oxygens (including phenoxy) is 1. The fourth-order valence-corrected chi connectivity index (χ4v) is 0.825. The Morgan fingerprint density at radius 3 is 2.60 bits per heavy atom. The summed E-state index contributed by atoms with van der Waals surface area (Å²) in [5.74, 6) is 0. The van der Waals surface area contributed by atoms with Crippen molar-refractivity contribution in [2.45, 2.75) is 13.0 Å². The summed E-state index contributed by atoms with van der Waals surface area (Å²) < 4.78 is 5.08. The van der Waals surface area contributed by atoms with Crippen molar-refractivity contribution in [2.75, 3.05) is 33.8 Å². The first-order chi connectivity index (χ1) is 4.70. The van der Waals surface area contributed by atoms with Crippen LogP contribution >= 0.6 is 0 Å². The minimum atomic E-state index is 0.302. The van der Waals surface area contributed by atoms with Crippen LogP contribution in [0.4, 0.5) is 0 Å². The van der Waals surface area contributed by atoms with E-state index >= 15 is 0 Å². The zero-order valence-corrected chi connectivity index (χ0v) is 7.13. The van der Waals surface area contributed by atoms with Crippen LogP contribution < -0.4 is 5.73 Å². The molecule has 0 aliphatic rings. The smallest absolute Gasteiger partial charge is 0.0670 e. The van der Waals surface area contributed by atoms with E-state index in [0.717, 1.165) is 13.1 Å². The van der Waals surface area contributed by atoms with Crippen LogP contribution in [0.25, 0.3) is 0 Å². The molecule has 0 saturated carbocycles. The summed E-state index contributed by atoms with van der Waals surface area (Å²) >= 11 is 0. The van der Waals surface area contributed by atoms with E-state index in [1.54, 1.807) is 7.11 Å². The molecule has 0 saturated heterocycles. The summed E-state index contributed by atoms with van der Waals surface area (Å²) in [6.07, 6.45) is 0.302. The molecule has 10 heavy (non-hydrogen) atoms. The molecule has 0 aromatic rings. The highest BCUT2D eigenvalue weighted by Gasteiger charge is 2.02. The van der Waals surface area contributed by atoms with Crippen LogP contribution in [0.3, 0.4) is 0 Å². The van der Waals surface area contributed by atoms with Crippen LogP contribution in [-0.2, 0) is 4.74 Å². The molecule has 0 amide bonds. The number of hydrogen-bond donors (Lipinski definition) is 1. The van der Waals surface area contributed by atoms with E-state index < -0.39 is 0 Å². The Labute approximate surface area is 63.1 Å². The average molecular weight is 146 g/mol. The van der Waals surface area contributed by atoms with Crippen LogP contribution in [0.5, 0.6) is 0 Å². The van der Waals surface area contributed by atoms with Crippen LogP contribution in [0.2, 0.25) is 0 Å². The van der Waals surface area contributed by atoms with Crippen LogP contribution in [0, 0.1) is 0 Å². The number of methoxy groups -OCH3 is 1. The van der Waals surface area contributed by atoms with Gasteiger partial charge in [0.1, 0.15) is 0 Å². The third kappa shape index (κ3) is 4.73. The largest absolute Gasteiger partial charge is 0.380 e. The maximum atomic E-state index is 5.36. The summed E-state index contributed by atoms with van der Waals surface area (Å²) in [5, 5.41) is 0. The lowest BCUT2D eigenvalue weighted by molar-refractivity contribution is 0.0867. The molecule has 0 heterocycles. The van der Waals surface area contributed by atoms with Gasteiger partial charge in [-0.05, 0) is 14.0 Å². The summed E-state index contributed by atoms with van der Waals surface area (Å²) in [6.45, 7) is 4.65. The number of rotatable bonds is 5. The third-order valence-electron chi connectivity index (χ3n) is 1.48. The SMILES string of the molecule is COC(C)CN(C)CCN. The molecule has 0 bridgehead atoms. The molecule has 0 aliphatic heterocycles. The number of likely N-dealkylation sites (N-methyl/N-ethyl adjacent to an activating group) is 1. The van der Waals surface area contributed by atoms with Crippen LogP contribution in [0.15, 0.2) is 0 Å². The van der Waals surface area contributed by atoms with E-state index in [1.165, 1.54) is 0 Å².